The van der Waals surface area contributed by atoms with Gasteiger partial charge in [0.25, 0.3) is 5.91 Å². The maximum atomic E-state index is 14.2. The van der Waals surface area contributed by atoms with Crippen LogP contribution in [0, 0.1) is 5.95 Å². The fourth-order valence-corrected chi connectivity index (χ4v) is 2.42. The van der Waals surface area contributed by atoms with E-state index in [0.29, 0.717) is 5.69 Å². The van der Waals surface area contributed by atoms with Crippen LogP contribution < -0.4 is 15.4 Å². The first-order chi connectivity index (χ1) is 14.1. The van der Waals surface area contributed by atoms with Gasteiger partial charge in [-0.2, -0.15) is 24.4 Å². The number of rotatable bonds is 5. The van der Waals surface area contributed by atoms with Crippen LogP contribution in [0.3, 0.4) is 0 Å². The number of nitrogens with zero attached hydrogens (tertiary/aromatic N) is 6. The summed E-state index contributed by atoms with van der Waals surface area (Å²) in [5.41, 5.74) is 0.0788. The maximum Gasteiger partial charge on any atom is 0.273 e. The zero-order valence-corrected chi connectivity index (χ0v) is 14.7. The van der Waals surface area contributed by atoms with E-state index in [2.05, 4.69) is 30.7 Å². The molecule has 140 valence electrons. The van der Waals surface area contributed by atoms with Crippen LogP contribution in [0.4, 0.5) is 15.9 Å². The molecule has 3 aromatic rings. The van der Waals surface area contributed by atoms with Gasteiger partial charge in [0.2, 0.25) is 5.95 Å². The van der Waals surface area contributed by atoms with Gasteiger partial charge in [-0.15, -0.1) is 10.2 Å². The molecule has 0 aliphatic heterocycles. The molecule has 27 heavy (non-hydrogen) atoms. The summed E-state index contributed by atoms with van der Waals surface area (Å²) in [6.45, 7) is -2.76. The SMILES string of the molecule is [2H]C([2H])([2H])NC(=O)c1nnc(Cl)cc1Nc1nc(F)cc(-c2cnn(C)n2)c1OC. The molecule has 3 aromatic heterocycles. The van der Waals surface area contributed by atoms with Gasteiger partial charge >= 0.3 is 0 Å². The zero-order chi connectivity index (χ0) is 22.1. The molecule has 3 heterocycles. The van der Waals surface area contributed by atoms with Gasteiger partial charge in [-0.1, -0.05) is 11.6 Å². The highest BCUT2D eigenvalue weighted by atomic mass is 35.5. The molecule has 0 unspecified atom stereocenters. The highest BCUT2D eigenvalue weighted by Crippen LogP contribution is 2.36. The smallest absolute Gasteiger partial charge is 0.273 e. The molecule has 0 saturated heterocycles. The van der Waals surface area contributed by atoms with Crippen LogP contribution in [0.15, 0.2) is 18.3 Å². The Kier molecular flexibility index (Phi) is 4.11. The summed E-state index contributed by atoms with van der Waals surface area (Å²) >= 11 is 5.85. The standard InChI is InChI=1S/C15H14ClFN8O2/c1-18-15(26)12-8(5-10(16)22-23-12)20-14-13(27-3)7(4-11(17)21-14)9-6-19-25(2)24-9/h4-6H,1-3H3,(H,18,26)(H,20,21,22)/i1D3. The Morgan fingerprint density at radius 1 is 1.41 bits per heavy atom. The predicted molar refractivity (Wildman–Crippen MR) is 94.5 cm³/mol. The molecule has 1 amide bonds. The molecule has 12 heteroatoms. The first-order valence-electron chi connectivity index (χ1n) is 8.81. The number of pyridine rings is 1. The van der Waals surface area contributed by atoms with E-state index in [1.54, 1.807) is 12.4 Å². The molecular formula is C15H14ClFN8O2. The number of aromatic nitrogens is 6. The van der Waals surface area contributed by atoms with Gasteiger partial charge in [0.05, 0.1) is 24.6 Å². The van der Waals surface area contributed by atoms with E-state index in [9.17, 15) is 9.18 Å². The Balaban J connectivity index is 2.07. The van der Waals surface area contributed by atoms with Crippen LogP contribution >= 0.6 is 11.6 Å². The molecular weight excluding hydrogens is 379 g/mol. The van der Waals surface area contributed by atoms with Gasteiger partial charge in [0.15, 0.2) is 22.4 Å². The van der Waals surface area contributed by atoms with Crippen molar-refractivity contribution in [3.63, 3.8) is 0 Å². The van der Waals surface area contributed by atoms with E-state index < -0.39 is 24.5 Å². The third kappa shape index (κ3) is 3.77. The summed E-state index contributed by atoms with van der Waals surface area (Å²) in [5.74, 6) is -1.97. The Morgan fingerprint density at radius 3 is 2.89 bits per heavy atom. The molecule has 0 aliphatic rings. The molecule has 0 radical (unpaired) electrons. The number of carbonyl (C=O) groups excluding carboxylic acids is 1. The van der Waals surface area contributed by atoms with E-state index in [-0.39, 0.29) is 28.0 Å². The fourth-order valence-electron chi connectivity index (χ4n) is 2.27. The van der Waals surface area contributed by atoms with Crippen LogP contribution in [0.5, 0.6) is 5.75 Å². The monoisotopic (exact) mass is 395 g/mol. The Hall–Kier alpha value is -3.34. The largest absolute Gasteiger partial charge is 0.492 e. The summed E-state index contributed by atoms with van der Waals surface area (Å²) in [6.07, 6.45) is 1.40. The fraction of sp³-hybridized carbons (Fsp3) is 0.200. The molecule has 0 saturated carbocycles. The van der Waals surface area contributed by atoms with Crippen molar-refractivity contribution < 1.29 is 18.0 Å². The Morgan fingerprint density at radius 2 is 2.22 bits per heavy atom. The highest BCUT2D eigenvalue weighted by molar-refractivity contribution is 6.29. The number of carbonyl (C=O) groups is 1. The minimum absolute atomic E-state index is 0.0711. The lowest BCUT2D eigenvalue weighted by Crippen LogP contribution is -2.21. The second-order valence-electron chi connectivity index (χ2n) is 5.10. The average molecular weight is 396 g/mol. The van der Waals surface area contributed by atoms with Crippen molar-refractivity contribution in [2.45, 2.75) is 0 Å². The van der Waals surface area contributed by atoms with Crippen molar-refractivity contribution in [1.82, 2.24) is 35.5 Å². The van der Waals surface area contributed by atoms with Crippen LogP contribution in [-0.2, 0) is 7.05 Å². The van der Waals surface area contributed by atoms with E-state index in [1.165, 1.54) is 24.2 Å². The Bertz CT molecular complexity index is 1110. The minimum atomic E-state index is -2.76. The summed E-state index contributed by atoms with van der Waals surface area (Å²) in [7, 11) is 2.92. The summed E-state index contributed by atoms with van der Waals surface area (Å²) in [4.78, 5) is 17.3. The lowest BCUT2D eigenvalue weighted by atomic mass is 10.1. The molecule has 3 rings (SSSR count). The van der Waals surface area contributed by atoms with Crippen LogP contribution in [0.2, 0.25) is 5.15 Å². The quantitative estimate of drug-likeness (QED) is 0.625. The average Bonchev–Trinajstić information content (AvgIpc) is 3.06. The topological polar surface area (TPSA) is 120 Å². The molecule has 0 aliphatic carbocycles. The van der Waals surface area contributed by atoms with Crippen LogP contribution in [-0.4, -0.2) is 50.2 Å². The molecule has 2 N–H and O–H groups in total. The van der Waals surface area contributed by atoms with Crippen LogP contribution in [0.25, 0.3) is 11.3 Å². The van der Waals surface area contributed by atoms with Crippen LogP contribution in [0.1, 0.15) is 14.6 Å². The third-order valence-corrected chi connectivity index (χ3v) is 3.55. The van der Waals surface area contributed by atoms with E-state index >= 15 is 0 Å². The second kappa shape index (κ2) is 7.50. The number of amides is 1. The van der Waals surface area contributed by atoms with Crippen molar-refractivity contribution in [2.24, 2.45) is 7.05 Å². The molecule has 0 fully saturated rings. The lowest BCUT2D eigenvalue weighted by Gasteiger charge is -2.14. The maximum absolute atomic E-state index is 14.2. The normalized spacial score (nSPS) is 12.7. The predicted octanol–water partition coefficient (Wildman–Crippen LogP) is 1.57. The van der Waals surface area contributed by atoms with Gasteiger partial charge in [-0.3, -0.25) is 4.79 Å². The van der Waals surface area contributed by atoms with Gasteiger partial charge in [0.1, 0.15) is 5.69 Å². The van der Waals surface area contributed by atoms with Crippen molar-refractivity contribution in [1.29, 1.82) is 0 Å². The van der Waals surface area contributed by atoms with Crippen molar-refractivity contribution in [3.8, 4) is 17.0 Å². The van der Waals surface area contributed by atoms with Gasteiger partial charge in [-0.05, 0) is 0 Å². The third-order valence-electron chi connectivity index (χ3n) is 3.37. The molecule has 10 nitrogen and oxygen atoms in total. The number of halogens is 2. The minimum Gasteiger partial charge on any atom is -0.492 e. The number of ether oxygens (including phenoxy) is 1. The first-order valence-corrected chi connectivity index (χ1v) is 7.69. The first kappa shape index (κ1) is 14.8. The zero-order valence-electron chi connectivity index (χ0n) is 17.0. The molecule has 0 spiro atoms. The van der Waals surface area contributed by atoms with Gasteiger partial charge < -0.3 is 15.4 Å². The van der Waals surface area contributed by atoms with E-state index in [4.69, 9.17) is 20.5 Å². The number of hydrogen-bond acceptors (Lipinski definition) is 8. The molecule has 0 atom stereocenters. The second-order valence-corrected chi connectivity index (χ2v) is 5.49. The van der Waals surface area contributed by atoms with E-state index in [0.717, 1.165) is 6.07 Å². The molecule has 0 bridgehead atoms. The lowest BCUT2D eigenvalue weighted by molar-refractivity contribution is 0.0958. The van der Waals surface area contributed by atoms with Gasteiger partial charge in [-0.25, -0.2) is 0 Å². The number of hydrogen-bond donors (Lipinski definition) is 2. The number of aryl methyl sites for hydroxylation is 1. The van der Waals surface area contributed by atoms with Crippen molar-refractivity contribution >= 4 is 29.0 Å². The summed E-state index contributed by atoms with van der Waals surface area (Å²) in [6, 6.07) is 2.31. The number of anilines is 2. The summed E-state index contributed by atoms with van der Waals surface area (Å²) in [5, 5.41) is 19.6. The van der Waals surface area contributed by atoms with Crippen molar-refractivity contribution in [3.05, 3.63) is 35.1 Å². The number of nitrogens with one attached hydrogen (secondary N) is 2. The van der Waals surface area contributed by atoms with E-state index in [1.807, 2.05) is 0 Å². The van der Waals surface area contributed by atoms with Gasteiger partial charge in [0, 0.05) is 30.3 Å². The van der Waals surface area contributed by atoms with Crippen molar-refractivity contribution in [2.75, 3.05) is 19.4 Å². The number of methoxy groups -OCH3 is 1. The summed E-state index contributed by atoms with van der Waals surface area (Å²) < 4.78 is 41.1. The highest BCUT2D eigenvalue weighted by Gasteiger charge is 2.21. The Labute approximate surface area is 161 Å². The molecule has 0 aromatic carbocycles.